The molecule has 4 nitrogen and oxygen atoms in total. The Labute approximate surface area is 241 Å². The maximum atomic E-state index is 4.75. The van der Waals surface area contributed by atoms with Crippen molar-refractivity contribution in [2.75, 3.05) is 0 Å². The number of pyridine rings is 2. The van der Waals surface area contributed by atoms with Gasteiger partial charge in [-0.1, -0.05) is 78.9 Å². The van der Waals surface area contributed by atoms with Gasteiger partial charge in [0.2, 0.25) is 0 Å². The Kier molecular flexibility index (Phi) is 4.87. The van der Waals surface area contributed by atoms with Crippen LogP contribution >= 0.6 is 0 Å². The lowest BCUT2D eigenvalue weighted by molar-refractivity contribution is 1.08. The van der Waals surface area contributed by atoms with E-state index < -0.39 is 0 Å². The number of benzene rings is 5. The zero-order valence-corrected chi connectivity index (χ0v) is 22.6. The van der Waals surface area contributed by atoms with Crippen molar-refractivity contribution in [3.63, 3.8) is 0 Å². The van der Waals surface area contributed by atoms with Crippen LogP contribution in [0, 0.1) is 0 Å². The van der Waals surface area contributed by atoms with E-state index in [1.807, 2.05) is 30.6 Å². The molecule has 5 aromatic carbocycles. The van der Waals surface area contributed by atoms with Gasteiger partial charge in [-0.3, -0.25) is 9.55 Å². The van der Waals surface area contributed by atoms with E-state index in [2.05, 4.69) is 124 Å². The molecule has 0 radical (unpaired) electrons. The maximum absolute atomic E-state index is 4.75. The second-order valence-corrected chi connectivity index (χ2v) is 10.7. The highest BCUT2D eigenvalue weighted by atomic mass is 15.1. The molecule has 0 aliphatic heterocycles. The molecule has 0 saturated carbocycles. The molecule has 0 bridgehead atoms. The monoisotopic (exact) mass is 536 g/mol. The molecule has 0 unspecified atom stereocenters. The van der Waals surface area contributed by atoms with E-state index in [0.29, 0.717) is 0 Å². The van der Waals surface area contributed by atoms with E-state index in [1.165, 1.54) is 37.8 Å². The zero-order valence-electron chi connectivity index (χ0n) is 22.6. The van der Waals surface area contributed by atoms with Crippen LogP contribution in [0.3, 0.4) is 0 Å². The molecule has 0 aliphatic rings. The molecule has 42 heavy (non-hydrogen) atoms. The van der Waals surface area contributed by atoms with Crippen LogP contribution in [0.1, 0.15) is 0 Å². The number of hydrogen-bond donors (Lipinski definition) is 0. The maximum Gasteiger partial charge on any atom is 0.137 e. The molecule has 0 atom stereocenters. The van der Waals surface area contributed by atoms with Crippen molar-refractivity contribution < 1.29 is 0 Å². The minimum Gasteiger partial charge on any atom is -0.309 e. The van der Waals surface area contributed by atoms with Gasteiger partial charge < -0.3 is 4.57 Å². The van der Waals surface area contributed by atoms with E-state index in [-0.39, 0.29) is 0 Å². The molecule has 0 spiro atoms. The molecular weight excluding hydrogens is 512 g/mol. The van der Waals surface area contributed by atoms with Crippen LogP contribution < -0.4 is 0 Å². The number of nitrogens with zero attached hydrogens (tertiary/aromatic N) is 4. The summed E-state index contributed by atoms with van der Waals surface area (Å²) in [6.45, 7) is 0. The van der Waals surface area contributed by atoms with Gasteiger partial charge in [0, 0.05) is 45.2 Å². The molecule has 4 heterocycles. The predicted octanol–water partition coefficient (Wildman–Crippen LogP) is 9.49. The van der Waals surface area contributed by atoms with Crippen LogP contribution in [0.4, 0.5) is 0 Å². The Balaban J connectivity index is 1.43. The third-order valence-electron chi connectivity index (χ3n) is 8.41. The molecule has 0 saturated heterocycles. The summed E-state index contributed by atoms with van der Waals surface area (Å²) in [7, 11) is 0. The Morgan fingerprint density at radius 1 is 0.405 bits per heavy atom. The van der Waals surface area contributed by atoms with Gasteiger partial charge >= 0.3 is 0 Å². The van der Waals surface area contributed by atoms with E-state index in [1.54, 1.807) is 0 Å². The van der Waals surface area contributed by atoms with Crippen molar-refractivity contribution >= 4 is 54.4 Å². The van der Waals surface area contributed by atoms with Crippen LogP contribution in [-0.4, -0.2) is 19.1 Å². The Morgan fingerprint density at radius 2 is 1.05 bits per heavy atom. The van der Waals surface area contributed by atoms with Crippen LogP contribution in [0.25, 0.3) is 77.1 Å². The first-order valence-corrected chi connectivity index (χ1v) is 14.2. The van der Waals surface area contributed by atoms with E-state index in [4.69, 9.17) is 9.97 Å². The van der Waals surface area contributed by atoms with Crippen molar-refractivity contribution in [1.82, 2.24) is 19.1 Å². The fraction of sp³-hybridized carbons (Fsp3) is 0. The average molecular weight is 537 g/mol. The third kappa shape index (κ3) is 3.23. The summed E-state index contributed by atoms with van der Waals surface area (Å²) in [5, 5.41) is 7.36. The number of para-hydroxylation sites is 2. The van der Waals surface area contributed by atoms with Crippen LogP contribution in [-0.2, 0) is 0 Å². The highest BCUT2D eigenvalue weighted by Gasteiger charge is 2.19. The van der Waals surface area contributed by atoms with Gasteiger partial charge in [-0.25, -0.2) is 4.98 Å². The topological polar surface area (TPSA) is 35.6 Å². The molecule has 0 N–H and O–H groups in total. The highest BCUT2D eigenvalue weighted by Crippen LogP contribution is 2.42. The Morgan fingerprint density at radius 3 is 1.81 bits per heavy atom. The van der Waals surface area contributed by atoms with Gasteiger partial charge in [-0.2, -0.15) is 0 Å². The number of rotatable bonds is 3. The van der Waals surface area contributed by atoms with E-state index in [9.17, 15) is 0 Å². The summed E-state index contributed by atoms with van der Waals surface area (Å²) in [6.07, 6.45) is 3.73. The quantitative estimate of drug-likeness (QED) is 0.225. The van der Waals surface area contributed by atoms with E-state index in [0.717, 1.165) is 39.3 Å². The normalized spacial score (nSPS) is 11.8. The molecule has 196 valence electrons. The lowest BCUT2D eigenvalue weighted by atomic mass is 9.97. The van der Waals surface area contributed by atoms with Crippen molar-refractivity contribution in [2.45, 2.75) is 0 Å². The predicted molar refractivity (Wildman–Crippen MR) is 174 cm³/mol. The first-order valence-electron chi connectivity index (χ1n) is 14.2. The zero-order chi connectivity index (χ0) is 27.6. The highest BCUT2D eigenvalue weighted by molar-refractivity contribution is 6.24. The van der Waals surface area contributed by atoms with Crippen LogP contribution in [0.5, 0.6) is 0 Å². The van der Waals surface area contributed by atoms with Crippen molar-refractivity contribution in [3.8, 4) is 22.8 Å². The average Bonchev–Trinajstić information content (AvgIpc) is 3.57. The molecule has 0 fully saturated rings. The smallest absolute Gasteiger partial charge is 0.137 e. The van der Waals surface area contributed by atoms with Crippen molar-refractivity contribution in [2.24, 2.45) is 0 Å². The molecule has 0 amide bonds. The molecule has 9 rings (SSSR count). The Hall–Kier alpha value is -5.74. The van der Waals surface area contributed by atoms with Gasteiger partial charge in [0.15, 0.2) is 0 Å². The first-order chi connectivity index (χ1) is 20.9. The van der Waals surface area contributed by atoms with Crippen molar-refractivity contribution in [1.29, 1.82) is 0 Å². The summed E-state index contributed by atoms with van der Waals surface area (Å²) >= 11 is 0. The lowest BCUT2D eigenvalue weighted by Crippen LogP contribution is -1.98. The summed E-state index contributed by atoms with van der Waals surface area (Å²) < 4.78 is 4.68. The molecular formula is C38H24N4. The van der Waals surface area contributed by atoms with Gasteiger partial charge in [0.25, 0.3) is 0 Å². The van der Waals surface area contributed by atoms with E-state index >= 15 is 0 Å². The minimum atomic E-state index is 0.909. The third-order valence-corrected chi connectivity index (χ3v) is 8.41. The SMILES string of the molecule is c1ccc(-c2cc3c(c4ccccc24)c2ccccc2n3-c2ccc3c4ccccc4n(-c4ccccn4)c3c2)nc1. The summed E-state index contributed by atoms with van der Waals surface area (Å²) in [6, 6.07) is 47.3. The minimum absolute atomic E-state index is 0.909. The summed E-state index contributed by atoms with van der Waals surface area (Å²) in [5.41, 5.74) is 7.82. The Bertz CT molecular complexity index is 2450. The second kappa shape index (κ2) is 8.88. The van der Waals surface area contributed by atoms with Gasteiger partial charge in [-0.15, -0.1) is 0 Å². The van der Waals surface area contributed by atoms with Gasteiger partial charge in [0.05, 0.1) is 27.8 Å². The van der Waals surface area contributed by atoms with Crippen molar-refractivity contribution in [3.05, 3.63) is 146 Å². The van der Waals surface area contributed by atoms with Gasteiger partial charge in [-0.05, 0) is 65.4 Å². The number of hydrogen-bond acceptors (Lipinski definition) is 2. The summed E-state index contributed by atoms with van der Waals surface area (Å²) in [4.78, 5) is 9.50. The largest absolute Gasteiger partial charge is 0.309 e. The van der Waals surface area contributed by atoms with Crippen LogP contribution in [0.15, 0.2) is 146 Å². The number of aromatic nitrogens is 4. The molecule has 4 heteroatoms. The first kappa shape index (κ1) is 23.0. The fourth-order valence-corrected chi connectivity index (χ4v) is 6.67. The van der Waals surface area contributed by atoms with Crippen LogP contribution in [0.2, 0.25) is 0 Å². The molecule has 0 aliphatic carbocycles. The molecule has 4 aromatic heterocycles. The summed E-state index contributed by atoms with van der Waals surface area (Å²) in [5.74, 6) is 0.909. The number of fused-ring (bicyclic) bond motifs is 8. The standard InChI is InChI=1S/C38H24N4/c1-2-13-29-26(11-1)31(32-15-7-9-21-39-32)24-36-38(29)30-14-4-6-17-34(30)41(36)25-19-20-28-27-12-3-5-16-33(27)42(35(28)23-25)37-18-8-10-22-40-37/h1-24H. The lowest BCUT2D eigenvalue weighted by Gasteiger charge is -2.13. The molecule has 9 aromatic rings. The van der Waals surface area contributed by atoms with Gasteiger partial charge in [0.1, 0.15) is 5.82 Å². The second-order valence-electron chi connectivity index (χ2n) is 10.7. The fourth-order valence-electron chi connectivity index (χ4n) is 6.67.